The molecule has 172 valence electrons. The van der Waals surface area contributed by atoms with E-state index in [0.29, 0.717) is 20.5 Å². The van der Waals surface area contributed by atoms with Gasteiger partial charge in [-0.2, -0.15) is 0 Å². The van der Waals surface area contributed by atoms with Crippen molar-refractivity contribution in [2.45, 2.75) is 20.8 Å². The molecule has 34 heavy (non-hydrogen) atoms. The van der Waals surface area contributed by atoms with Crippen molar-refractivity contribution in [1.82, 2.24) is 0 Å². The molecule has 3 aromatic carbocycles. The highest BCUT2D eigenvalue weighted by molar-refractivity contribution is 8.27. The van der Waals surface area contributed by atoms with Crippen molar-refractivity contribution in [2.75, 3.05) is 16.8 Å². The molecule has 0 aliphatic carbocycles. The lowest BCUT2D eigenvalue weighted by Crippen LogP contribution is -2.27. The Morgan fingerprint density at radius 2 is 1.68 bits per heavy atom. The summed E-state index contributed by atoms with van der Waals surface area (Å²) in [6, 6.07) is 20.8. The van der Waals surface area contributed by atoms with Crippen LogP contribution in [0.1, 0.15) is 22.3 Å². The minimum atomic E-state index is -0.259. The van der Waals surface area contributed by atoms with Gasteiger partial charge in [-0.05, 0) is 68.3 Å². The van der Waals surface area contributed by atoms with E-state index in [-0.39, 0.29) is 18.4 Å². The predicted molar refractivity (Wildman–Crippen MR) is 143 cm³/mol. The number of carbonyl (C=O) groups excluding carboxylic acids is 2. The number of carbonyl (C=O) groups is 2. The Balaban J connectivity index is 1.48. The number of amides is 2. The first-order chi connectivity index (χ1) is 16.3. The summed E-state index contributed by atoms with van der Waals surface area (Å²) in [6.07, 6.45) is 1.75. The van der Waals surface area contributed by atoms with Crippen molar-refractivity contribution in [2.24, 2.45) is 0 Å². The normalized spacial score (nSPS) is 14.6. The average Bonchev–Trinajstić information content (AvgIpc) is 3.06. The second-order valence-electron chi connectivity index (χ2n) is 8.10. The number of anilines is 2. The highest BCUT2D eigenvalue weighted by Crippen LogP contribution is 2.37. The van der Waals surface area contributed by atoms with E-state index in [2.05, 4.69) is 5.32 Å². The minimum Gasteiger partial charge on any atom is -0.483 e. The smallest absolute Gasteiger partial charge is 0.270 e. The van der Waals surface area contributed by atoms with E-state index in [1.54, 1.807) is 12.1 Å². The second kappa shape index (κ2) is 10.2. The molecule has 0 aromatic heterocycles. The summed E-state index contributed by atoms with van der Waals surface area (Å²) in [5.74, 6) is 0.0744. The molecule has 0 bridgehead atoms. The second-order valence-corrected chi connectivity index (χ2v) is 9.78. The molecular formula is C27H24N2O3S2. The zero-order chi connectivity index (χ0) is 24.2. The van der Waals surface area contributed by atoms with E-state index in [1.165, 1.54) is 16.7 Å². The van der Waals surface area contributed by atoms with Crippen molar-refractivity contribution in [3.05, 3.63) is 93.9 Å². The topological polar surface area (TPSA) is 58.6 Å². The lowest BCUT2D eigenvalue weighted by atomic mass is 10.1. The number of ether oxygens (including phenoxy) is 1. The average molecular weight is 489 g/mol. The monoisotopic (exact) mass is 488 g/mol. The van der Waals surface area contributed by atoms with Gasteiger partial charge in [0.1, 0.15) is 5.75 Å². The van der Waals surface area contributed by atoms with Crippen molar-refractivity contribution in [3.63, 3.8) is 0 Å². The summed E-state index contributed by atoms with van der Waals surface area (Å²) in [6.45, 7) is 5.81. The number of benzene rings is 3. The number of aryl methyl sites for hydroxylation is 3. The van der Waals surface area contributed by atoms with Crippen LogP contribution in [0.2, 0.25) is 0 Å². The third kappa shape index (κ3) is 5.55. The molecule has 1 aliphatic heterocycles. The lowest BCUT2D eigenvalue weighted by Gasteiger charge is -2.14. The molecular weight excluding hydrogens is 464 g/mol. The fourth-order valence-corrected chi connectivity index (χ4v) is 4.93. The maximum Gasteiger partial charge on any atom is 0.270 e. The maximum absolute atomic E-state index is 13.1. The molecule has 1 aliphatic rings. The predicted octanol–water partition coefficient (Wildman–Crippen LogP) is 6.04. The minimum absolute atomic E-state index is 0.151. The van der Waals surface area contributed by atoms with Gasteiger partial charge in [-0.3, -0.25) is 14.5 Å². The molecule has 7 heteroatoms. The Labute approximate surface area is 208 Å². The highest BCUT2D eigenvalue weighted by Gasteiger charge is 2.33. The molecule has 4 rings (SSSR count). The number of hydrogen-bond donors (Lipinski definition) is 1. The number of nitrogens with zero attached hydrogens (tertiary/aromatic N) is 1. The molecule has 0 radical (unpaired) electrons. The van der Waals surface area contributed by atoms with Gasteiger partial charge in [-0.1, -0.05) is 65.9 Å². The van der Waals surface area contributed by atoms with Crippen LogP contribution in [-0.4, -0.2) is 22.7 Å². The summed E-state index contributed by atoms with van der Waals surface area (Å²) >= 11 is 6.71. The third-order valence-corrected chi connectivity index (χ3v) is 6.46. The number of hydrogen-bond acceptors (Lipinski definition) is 5. The molecule has 2 amide bonds. The zero-order valence-corrected chi connectivity index (χ0v) is 20.8. The van der Waals surface area contributed by atoms with Crippen LogP contribution >= 0.6 is 24.0 Å². The lowest BCUT2D eigenvalue weighted by molar-refractivity contribution is -0.118. The van der Waals surface area contributed by atoms with E-state index >= 15 is 0 Å². The Morgan fingerprint density at radius 3 is 2.38 bits per heavy atom. The Hall–Kier alpha value is -3.42. The fourth-order valence-electron chi connectivity index (χ4n) is 3.64. The molecule has 1 saturated heterocycles. The van der Waals surface area contributed by atoms with Gasteiger partial charge in [-0.15, -0.1) is 0 Å². The van der Waals surface area contributed by atoms with Crippen LogP contribution in [0.3, 0.4) is 0 Å². The molecule has 0 unspecified atom stereocenters. The quantitative estimate of drug-likeness (QED) is 0.339. The molecule has 0 saturated carbocycles. The Bertz CT molecular complexity index is 1280. The Morgan fingerprint density at radius 1 is 1.00 bits per heavy atom. The van der Waals surface area contributed by atoms with Gasteiger partial charge in [0.15, 0.2) is 10.9 Å². The van der Waals surface area contributed by atoms with Gasteiger partial charge >= 0.3 is 0 Å². The molecule has 1 heterocycles. The van der Waals surface area contributed by atoms with Crippen LogP contribution in [-0.2, 0) is 9.59 Å². The summed E-state index contributed by atoms with van der Waals surface area (Å²) in [5.41, 5.74) is 5.43. The number of thiocarbonyl (C=S) groups is 1. The fraction of sp³-hybridized carbons (Fsp3) is 0.148. The van der Waals surface area contributed by atoms with E-state index < -0.39 is 0 Å². The van der Waals surface area contributed by atoms with Gasteiger partial charge in [0.2, 0.25) is 0 Å². The number of para-hydroxylation sites is 1. The van der Waals surface area contributed by atoms with Gasteiger partial charge < -0.3 is 10.1 Å². The van der Waals surface area contributed by atoms with Crippen LogP contribution in [0.5, 0.6) is 5.75 Å². The number of rotatable bonds is 6. The molecule has 0 atom stereocenters. The van der Waals surface area contributed by atoms with Crippen LogP contribution in [0, 0.1) is 20.8 Å². The maximum atomic E-state index is 13.1. The molecule has 0 spiro atoms. The van der Waals surface area contributed by atoms with Crippen molar-refractivity contribution < 1.29 is 14.3 Å². The van der Waals surface area contributed by atoms with Crippen molar-refractivity contribution in [1.29, 1.82) is 0 Å². The third-order valence-electron chi connectivity index (χ3n) is 5.16. The molecule has 1 N–H and O–H groups in total. The summed E-state index contributed by atoms with van der Waals surface area (Å²) in [4.78, 5) is 27.6. The van der Waals surface area contributed by atoms with Crippen LogP contribution in [0.25, 0.3) is 6.08 Å². The highest BCUT2D eigenvalue weighted by atomic mass is 32.2. The summed E-state index contributed by atoms with van der Waals surface area (Å²) < 4.78 is 6.28. The van der Waals surface area contributed by atoms with Crippen molar-refractivity contribution in [3.8, 4) is 5.75 Å². The molecule has 5 nitrogen and oxygen atoms in total. The number of thioether (sulfide) groups is 1. The van der Waals surface area contributed by atoms with Gasteiger partial charge in [0, 0.05) is 11.3 Å². The van der Waals surface area contributed by atoms with E-state index in [0.717, 1.165) is 28.1 Å². The van der Waals surface area contributed by atoms with Crippen LogP contribution < -0.4 is 15.0 Å². The molecule has 1 fully saturated rings. The molecule has 3 aromatic rings. The Kier molecular flexibility index (Phi) is 7.14. The zero-order valence-electron chi connectivity index (χ0n) is 19.1. The standard InChI is InChI=1S/C27H24N2O3S2/c1-17-8-10-22(11-9-17)29-26(31)24(34-27(29)33)15-20-6-4-5-7-23(20)32-16-25(30)28-21-13-18(2)12-19(3)14-21/h4-15H,16H2,1-3H3,(H,28,30)/b24-15-. The first-order valence-electron chi connectivity index (χ1n) is 10.7. The first-order valence-corrected chi connectivity index (χ1v) is 12.0. The van der Waals surface area contributed by atoms with E-state index in [9.17, 15) is 9.59 Å². The SMILES string of the molecule is Cc1ccc(N2C(=O)/C(=C/c3ccccc3OCC(=O)Nc3cc(C)cc(C)c3)SC2=S)cc1. The first kappa shape index (κ1) is 23.7. The summed E-state index contributed by atoms with van der Waals surface area (Å²) in [5, 5.41) is 2.87. The van der Waals surface area contributed by atoms with Crippen molar-refractivity contribution >= 4 is 57.6 Å². The van der Waals surface area contributed by atoms with Crippen LogP contribution in [0.4, 0.5) is 11.4 Å². The van der Waals surface area contributed by atoms with Crippen LogP contribution in [0.15, 0.2) is 71.6 Å². The van der Waals surface area contributed by atoms with Gasteiger partial charge in [0.05, 0.1) is 10.6 Å². The van der Waals surface area contributed by atoms with E-state index in [4.69, 9.17) is 17.0 Å². The number of nitrogens with one attached hydrogen (secondary N) is 1. The van der Waals surface area contributed by atoms with Gasteiger partial charge in [0.25, 0.3) is 11.8 Å². The largest absolute Gasteiger partial charge is 0.483 e. The van der Waals surface area contributed by atoms with Gasteiger partial charge in [-0.25, -0.2) is 0 Å². The summed E-state index contributed by atoms with van der Waals surface area (Å²) in [7, 11) is 0. The van der Waals surface area contributed by atoms with E-state index in [1.807, 2.05) is 81.4 Å².